The van der Waals surface area contributed by atoms with Crippen LogP contribution in [0.1, 0.15) is 43.0 Å². The third-order valence-electron chi connectivity index (χ3n) is 5.13. The van der Waals surface area contributed by atoms with Gasteiger partial charge in [0.1, 0.15) is 16.7 Å². The van der Waals surface area contributed by atoms with E-state index < -0.39 is 0 Å². The van der Waals surface area contributed by atoms with E-state index in [1.165, 1.54) is 29.7 Å². The van der Waals surface area contributed by atoms with Crippen LogP contribution < -0.4 is 15.0 Å². The number of aryl methyl sites for hydroxylation is 2. The maximum Gasteiger partial charge on any atom is 0.260 e. The first-order valence-corrected chi connectivity index (χ1v) is 10.8. The summed E-state index contributed by atoms with van der Waals surface area (Å²) in [6, 6.07) is 7.32. The lowest BCUT2D eigenvalue weighted by atomic mass is 9.98. The van der Waals surface area contributed by atoms with Crippen molar-refractivity contribution < 1.29 is 9.47 Å². The van der Waals surface area contributed by atoms with Crippen LogP contribution in [-0.2, 0) is 12.8 Å². The Morgan fingerprint density at radius 3 is 2.79 bits per heavy atom. The van der Waals surface area contributed by atoms with Gasteiger partial charge in [0.05, 0.1) is 12.0 Å². The van der Waals surface area contributed by atoms with Crippen molar-refractivity contribution in [1.29, 1.82) is 5.26 Å². The molecular weight excluding hydrogens is 386 g/mol. The summed E-state index contributed by atoms with van der Waals surface area (Å²) in [5.41, 5.74) is 1.86. The van der Waals surface area contributed by atoms with E-state index in [1.807, 2.05) is 19.1 Å². The number of hydrogen-bond donors (Lipinski definition) is 1. The predicted molar refractivity (Wildman–Crippen MR) is 114 cm³/mol. The molecule has 29 heavy (non-hydrogen) atoms. The number of nitriles is 1. The van der Waals surface area contributed by atoms with Crippen molar-refractivity contribution in [3.05, 3.63) is 39.0 Å². The standard InChI is InChI=1S/C22H23N3O3S/c1-2-27-17-13-14(9-10-16(17)28-12-11-23)20-24-21(26)19-15-7-5-3-4-6-8-18(15)29-22(19)25-20/h9-10,13H,2-8,12H2,1H3,(H,24,25,26). The van der Waals surface area contributed by atoms with E-state index in [4.69, 9.17) is 19.7 Å². The molecule has 0 unspecified atom stereocenters. The average molecular weight is 410 g/mol. The van der Waals surface area contributed by atoms with Gasteiger partial charge in [0.25, 0.3) is 5.56 Å². The van der Waals surface area contributed by atoms with Gasteiger partial charge in [-0.15, -0.1) is 11.3 Å². The lowest BCUT2D eigenvalue weighted by Gasteiger charge is -2.11. The highest BCUT2D eigenvalue weighted by atomic mass is 32.1. The molecule has 0 bridgehead atoms. The van der Waals surface area contributed by atoms with Gasteiger partial charge in [-0.25, -0.2) is 4.98 Å². The lowest BCUT2D eigenvalue weighted by Crippen LogP contribution is -2.10. The molecule has 3 aromatic rings. The van der Waals surface area contributed by atoms with Gasteiger partial charge in [0.2, 0.25) is 0 Å². The highest BCUT2D eigenvalue weighted by Crippen LogP contribution is 2.35. The molecule has 6 nitrogen and oxygen atoms in total. The molecule has 0 saturated carbocycles. The number of rotatable bonds is 5. The van der Waals surface area contributed by atoms with Gasteiger partial charge < -0.3 is 14.5 Å². The molecule has 0 amide bonds. The third-order valence-corrected chi connectivity index (χ3v) is 6.32. The van der Waals surface area contributed by atoms with Gasteiger partial charge in [-0.3, -0.25) is 4.79 Å². The summed E-state index contributed by atoms with van der Waals surface area (Å²) in [4.78, 5) is 22.8. The number of ether oxygens (including phenoxy) is 2. The van der Waals surface area contributed by atoms with Crippen LogP contribution in [0.25, 0.3) is 21.6 Å². The van der Waals surface area contributed by atoms with Gasteiger partial charge >= 0.3 is 0 Å². The van der Waals surface area contributed by atoms with E-state index in [0.717, 1.165) is 35.0 Å². The quantitative estimate of drug-likeness (QED) is 0.665. The number of H-pyrrole nitrogens is 1. The summed E-state index contributed by atoms with van der Waals surface area (Å²) in [6.45, 7) is 2.29. The first-order chi connectivity index (χ1) is 14.2. The molecule has 4 rings (SSSR count). The van der Waals surface area contributed by atoms with E-state index in [9.17, 15) is 4.79 Å². The van der Waals surface area contributed by atoms with Gasteiger partial charge in [0.15, 0.2) is 18.1 Å². The monoisotopic (exact) mass is 409 g/mol. The minimum absolute atomic E-state index is 0.0544. The highest BCUT2D eigenvalue weighted by molar-refractivity contribution is 7.18. The van der Waals surface area contributed by atoms with Crippen LogP contribution >= 0.6 is 11.3 Å². The second-order valence-corrected chi connectivity index (χ2v) is 8.14. The molecule has 7 heteroatoms. The van der Waals surface area contributed by atoms with Crippen molar-refractivity contribution in [3.63, 3.8) is 0 Å². The number of nitrogens with zero attached hydrogens (tertiary/aromatic N) is 2. The van der Waals surface area contributed by atoms with Crippen molar-refractivity contribution >= 4 is 21.6 Å². The second kappa shape index (κ2) is 8.66. The van der Waals surface area contributed by atoms with Crippen LogP contribution in [0.4, 0.5) is 0 Å². The smallest absolute Gasteiger partial charge is 0.260 e. The van der Waals surface area contributed by atoms with Crippen LogP contribution in [0.15, 0.2) is 23.0 Å². The first kappa shape index (κ1) is 19.5. The predicted octanol–water partition coefficient (Wildman–Crippen LogP) is 4.61. The van der Waals surface area contributed by atoms with Gasteiger partial charge in [-0.2, -0.15) is 5.26 Å². The Hall–Kier alpha value is -2.85. The van der Waals surface area contributed by atoms with Crippen LogP contribution in [0.3, 0.4) is 0 Å². The number of hydrogen-bond acceptors (Lipinski definition) is 6. The Labute approximate surface area is 173 Å². The molecule has 0 radical (unpaired) electrons. The zero-order valence-electron chi connectivity index (χ0n) is 16.4. The topological polar surface area (TPSA) is 88.0 Å². The normalized spacial score (nSPS) is 13.9. The molecule has 0 fully saturated rings. The third kappa shape index (κ3) is 3.99. The zero-order chi connectivity index (χ0) is 20.2. The van der Waals surface area contributed by atoms with E-state index in [1.54, 1.807) is 23.5 Å². The SMILES string of the molecule is CCOc1cc(-c2nc3sc4c(c3c(=O)[nH]2)CCCCCC4)ccc1OCC#N. The first-order valence-electron chi connectivity index (χ1n) is 10.0. The van der Waals surface area contributed by atoms with Crippen molar-refractivity contribution in [2.24, 2.45) is 0 Å². The maximum atomic E-state index is 12.9. The van der Waals surface area contributed by atoms with Crippen LogP contribution in [0, 0.1) is 11.3 Å². The summed E-state index contributed by atoms with van der Waals surface area (Å²) >= 11 is 1.65. The Morgan fingerprint density at radius 1 is 1.17 bits per heavy atom. The molecule has 150 valence electrons. The molecule has 0 atom stereocenters. The van der Waals surface area contributed by atoms with Crippen LogP contribution in [0.2, 0.25) is 0 Å². The second-order valence-electron chi connectivity index (χ2n) is 7.05. The summed E-state index contributed by atoms with van der Waals surface area (Å²) < 4.78 is 11.1. The molecular formula is C22H23N3O3S. The van der Waals surface area contributed by atoms with E-state index in [0.29, 0.717) is 23.9 Å². The molecule has 0 saturated heterocycles. The Balaban J connectivity index is 1.77. The zero-order valence-corrected chi connectivity index (χ0v) is 17.2. The molecule has 0 aliphatic heterocycles. The number of aromatic nitrogens is 2. The van der Waals surface area contributed by atoms with Crippen LogP contribution in [0.5, 0.6) is 11.5 Å². The minimum Gasteiger partial charge on any atom is -0.490 e. The Kier molecular flexibility index (Phi) is 5.81. The van der Waals surface area contributed by atoms with E-state index >= 15 is 0 Å². The number of thiophene rings is 1. The summed E-state index contributed by atoms with van der Waals surface area (Å²) in [5.74, 6) is 1.55. The van der Waals surface area contributed by atoms with Gasteiger partial charge in [-0.05, 0) is 56.4 Å². The van der Waals surface area contributed by atoms with Crippen molar-refractivity contribution in [2.75, 3.05) is 13.2 Å². The van der Waals surface area contributed by atoms with Crippen molar-refractivity contribution in [1.82, 2.24) is 9.97 Å². The molecule has 1 N–H and O–H groups in total. The number of fused-ring (bicyclic) bond motifs is 3. The fraction of sp³-hybridized carbons (Fsp3) is 0.409. The molecule has 1 aliphatic rings. The largest absolute Gasteiger partial charge is 0.490 e. The average Bonchev–Trinajstić information content (AvgIpc) is 3.04. The number of nitrogens with one attached hydrogen (secondary N) is 1. The molecule has 2 heterocycles. The van der Waals surface area contributed by atoms with Crippen molar-refractivity contribution in [2.45, 2.75) is 45.4 Å². The molecule has 1 aliphatic carbocycles. The van der Waals surface area contributed by atoms with Gasteiger partial charge in [-0.1, -0.05) is 12.8 Å². The fourth-order valence-corrected chi connectivity index (χ4v) is 5.07. The minimum atomic E-state index is -0.0779. The van der Waals surface area contributed by atoms with Gasteiger partial charge in [0, 0.05) is 10.4 Å². The van der Waals surface area contributed by atoms with Crippen molar-refractivity contribution in [3.8, 4) is 29.0 Å². The highest BCUT2D eigenvalue weighted by Gasteiger charge is 2.19. The Morgan fingerprint density at radius 2 is 2.00 bits per heavy atom. The fourth-order valence-electron chi connectivity index (χ4n) is 3.81. The molecule has 1 aromatic carbocycles. The van der Waals surface area contributed by atoms with E-state index in [-0.39, 0.29) is 12.2 Å². The summed E-state index contributed by atoms with van der Waals surface area (Å²) in [7, 11) is 0. The Bertz CT molecular complexity index is 1130. The maximum absolute atomic E-state index is 12.9. The number of aromatic amines is 1. The van der Waals surface area contributed by atoms with Crippen LogP contribution in [-0.4, -0.2) is 23.2 Å². The summed E-state index contributed by atoms with van der Waals surface area (Å²) in [6.07, 6.45) is 6.77. The molecule has 2 aromatic heterocycles. The van der Waals surface area contributed by atoms with E-state index in [2.05, 4.69) is 4.98 Å². The summed E-state index contributed by atoms with van der Waals surface area (Å²) in [5, 5.41) is 9.51. The number of benzene rings is 1. The lowest BCUT2D eigenvalue weighted by molar-refractivity contribution is 0.299. The molecule has 0 spiro atoms.